The topological polar surface area (TPSA) is 88.9 Å². The molecule has 1 saturated carbocycles. The quantitative estimate of drug-likeness (QED) is 0.420. The van der Waals surface area contributed by atoms with Gasteiger partial charge < -0.3 is 19.7 Å². The van der Waals surface area contributed by atoms with E-state index in [2.05, 4.69) is 4.98 Å². The molecule has 0 spiro atoms. The van der Waals surface area contributed by atoms with Gasteiger partial charge in [-0.3, -0.25) is 9.78 Å². The van der Waals surface area contributed by atoms with Gasteiger partial charge in [0.2, 0.25) is 0 Å². The van der Waals surface area contributed by atoms with Crippen molar-refractivity contribution in [3.8, 4) is 0 Å². The number of aliphatic hydroxyl groups excluding tert-OH is 2. The summed E-state index contributed by atoms with van der Waals surface area (Å²) in [6.07, 6.45) is 12.8. The molecule has 6 nitrogen and oxygen atoms in total. The van der Waals surface area contributed by atoms with Gasteiger partial charge in [0, 0.05) is 37.8 Å². The number of rotatable bonds is 10. The molecular formula is C26H39NO5. The molecule has 3 rings (SSSR count). The van der Waals surface area contributed by atoms with Crippen LogP contribution < -0.4 is 0 Å². The van der Waals surface area contributed by atoms with Crippen LogP contribution >= 0.6 is 0 Å². The third-order valence-corrected chi connectivity index (χ3v) is 6.71. The van der Waals surface area contributed by atoms with Gasteiger partial charge in [-0.2, -0.15) is 0 Å². The Balaban J connectivity index is 1.44. The van der Waals surface area contributed by atoms with E-state index in [0.29, 0.717) is 31.8 Å². The van der Waals surface area contributed by atoms with E-state index < -0.39 is 12.2 Å². The summed E-state index contributed by atoms with van der Waals surface area (Å²) in [6.45, 7) is 4.43. The second-order valence-electron chi connectivity index (χ2n) is 9.64. The first kappa shape index (κ1) is 24.9. The van der Waals surface area contributed by atoms with E-state index in [9.17, 15) is 15.0 Å². The summed E-state index contributed by atoms with van der Waals surface area (Å²) in [7, 11) is 0. The number of aryl methyl sites for hydroxylation is 1. The van der Waals surface area contributed by atoms with Crippen molar-refractivity contribution in [2.75, 3.05) is 6.61 Å². The maximum absolute atomic E-state index is 11.7. The SMILES string of the molecule is CC(C)OC(=O)CCC[C@H]1CC[C@@H]2[C@@H](C=CC(O)CCc3cccnc3)[C@H](O)C[C@@H]2OC1. The summed E-state index contributed by atoms with van der Waals surface area (Å²) in [5, 5.41) is 21.0. The van der Waals surface area contributed by atoms with Gasteiger partial charge in [0.15, 0.2) is 0 Å². The Labute approximate surface area is 192 Å². The average Bonchev–Trinajstić information content (AvgIpc) is 2.92. The molecule has 1 aromatic heterocycles. The van der Waals surface area contributed by atoms with Crippen LogP contribution in [0.4, 0.5) is 0 Å². The predicted octanol–water partition coefficient (Wildman–Crippen LogP) is 3.85. The van der Waals surface area contributed by atoms with Crippen LogP contribution in [0.2, 0.25) is 0 Å². The summed E-state index contributed by atoms with van der Waals surface area (Å²) < 4.78 is 11.4. The normalized spacial score (nSPS) is 29.1. The number of aromatic nitrogens is 1. The summed E-state index contributed by atoms with van der Waals surface area (Å²) >= 11 is 0. The highest BCUT2D eigenvalue weighted by atomic mass is 16.5. The maximum atomic E-state index is 11.7. The lowest BCUT2D eigenvalue weighted by atomic mass is 9.86. The minimum Gasteiger partial charge on any atom is -0.463 e. The Morgan fingerprint density at radius 3 is 2.97 bits per heavy atom. The largest absolute Gasteiger partial charge is 0.463 e. The zero-order valence-electron chi connectivity index (χ0n) is 19.4. The third-order valence-electron chi connectivity index (χ3n) is 6.71. The Morgan fingerprint density at radius 1 is 1.38 bits per heavy atom. The van der Waals surface area contributed by atoms with E-state index in [1.165, 1.54) is 0 Å². The number of pyridine rings is 1. The third kappa shape index (κ3) is 7.68. The first-order valence-corrected chi connectivity index (χ1v) is 12.2. The first-order valence-electron chi connectivity index (χ1n) is 12.2. The molecule has 0 radical (unpaired) electrons. The zero-order chi connectivity index (χ0) is 22.9. The molecule has 1 unspecified atom stereocenters. The number of hydrogen-bond acceptors (Lipinski definition) is 6. The molecule has 6 atom stereocenters. The summed E-state index contributed by atoms with van der Waals surface area (Å²) in [6, 6.07) is 3.92. The van der Waals surface area contributed by atoms with E-state index in [4.69, 9.17) is 9.47 Å². The van der Waals surface area contributed by atoms with Crippen molar-refractivity contribution >= 4 is 5.97 Å². The molecule has 0 amide bonds. The highest BCUT2D eigenvalue weighted by Crippen LogP contribution is 2.42. The minimum atomic E-state index is -0.536. The lowest BCUT2D eigenvalue weighted by Gasteiger charge is -2.21. The van der Waals surface area contributed by atoms with Crippen LogP contribution in [0.3, 0.4) is 0 Å². The van der Waals surface area contributed by atoms with Gasteiger partial charge in [0.05, 0.1) is 24.4 Å². The van der Waals surface area contributed by atoms with Crippen LogP contribution in [0.1, 0.15) is 64.4 Å². The summed E-state index contributed by atoms with van der Waals surface area (Å²) in [5.41, 5.74) is 1.11. The first-order chi connectivity index (χ1) is 15.4. The van der Waals surface area contributed by atoms with Crippen molar-refractivity contribution in [3.05, 3.63) is 42.2 Å². The van der Waals surface area contributed by atoms with Crippen molar-refractivity contribution in [2.24, 2.45) is 17.8 Å². The van der Waals surface area contributed by atoms with Gasteiger partial charge in [-0.05, 0) is 75.8 Å². The number of carbonyl (C=O) groups is 1. The number of hydrogen-bond donors (Lipinski definition) is 2. The molecule has 6 heteroatoms. The van der Waals surface area contributed by atoms with E-state index >= 15 is 0 Å². The number of nitrogens with zero attached hydrogens (tertiary/aromatic N) is 1. The van der Waals surface area contributed by atoms with Crippen LogP contribution in [0.25, 0.3) is 0 Å². The number of esters is 1. The van der Waals surface area contributed by atoms with Gasteiger partial charge in [0.1, 0.15) is 0 Å². The van der Waals surface area contributed by atoms with Crippen molar-refractivity contribution in [2.45, 2.75) is 89.6 Å². The van der Waals surface area contributed by atoms with Crippen LogP contribution in [0.15, 0.2) is 36.7 Å². The fourth-order valence-corrected chi connectivity index (χ4v) is 5.01. The molecule has 1 saturated heterocycles. The second kappa shape index (κ2) is 12.5. The molecular weight excluding hydrogens is 406 g/mol. The average molecular weight is 446 g/mol. The van der Waals surface area contributed by atoms with E-state index in [1.54, 1.807) is 6.20 Å². The van der Waals surface area contributed by atoms with Gasteiger partial charge in [-0.25, -0.2) is 0 Å². The molecule has 1 aliphatic heterocycles. The van der Waals surface area contributed by atoms with E-state index in [-0.39, 0.29) is 30.0 Å². The van der Waals surface area contributed by atoms with Crippen molar-refractivity contribution < 1.29 is 24.5 Å². The monoisotopic (exact) mass is 445 g/mol. The Bertz CT molecular complexity index is 722. The molecule has 1 aromatic rings. The fourth-order valence-electron chi connectivity index (χ4n) is 5.01. The molecule has 32 heavy (non-hydrogen) atoms. The smallest absolute Gasteiger partial charge is 0.306 e. The van der Waals surface area contributed by atoms with Crippen molar-refractivity contribution in [1.82, 2.24) is 4.98 Å². The van der Waals surface area contributed by atoms with Gasteiger partial charge in [-0.15, -0.1) is 0 Å². The van der Waals surface area contributed by atoms with Gasteiger partial charge in [-0.1, -0.05) is 18.2 Å². The molecule has 2 aliphatic rings. The number of fused-ring (bicyclic) bond motifs is 1. The molecule has 1 aliphatic carbocycles. The lowest BCUT2D eigenvalue weighted by Crippen LogP contribution is -2.21. The number of ether oxygens (including phenoxy) is 2. The molecule has 2 heterocycles. The van der Waals surface area contributed by atoms with Crippen molar-refractivity contribution in [1.29, 1.82) is 0 Å². The van der Waals surface area contributed by atoms with Crippen LogP contribution in [-0.2, 0) is 20.7 Å². The highest BCUT2D eigenvalue weighted by molar-refractivity contribution is 5.69. The molecule has 0 bridgehead atoms. The Morgan fingerprint density at radius 2 is 2.22 bits per heavy atom. The maximum Gasteiger partial charge on any atom is 0.306 e. The van der Waals surface area contributed by atoms with Gasteiger partial charge >= 0.3 is 5.97 Å². The van der Waals surface area contributed by atoms with E-state index in [0.717, 1.165) is 37.7 Å². The standard InChI is InChI=1S/C26H39NO5/c1-18(2)32-26(30)7-3-5-20-9-12-23-22(24(29)15-25(23)31-17-20)13-11-21(28)10-8-19-6-4-14-27-16-19/h4,6,11,13-14,16,18,20-25,28-29H,3,5,7-10,12,15,17H2,1-2H3/t20-,21?,22+,23+,24+,25-/m0/s1. The summed E-state index contributed by atoms with van der Waals surface area (Å²) in [5.74, 6) is 0.622. The Hall–Kier alpha value is -1.76. The second-order valence-corrected chi connectivity index (χ2v) is 9.64. The van der Waals surface area contributed by atoms with Crippen molar-refractivity contribution in [3.63, 3.8) is 0 Å². The minimum absolute atomic E-state index is 0.0211. The molecule has 0 aromatic carbocycles. The van der Waals surface area contributed by atoms with Crippen LogP contribution in [0, 0.1) is 17.8 Å². The Kier molecular flexibility index (Phi) is 9.69. The number of aliphatic hydroxyl groups is 2. The van der Waals surface area contributed by atoms with Crippen LogP contribution in [0.5, 0.6) is 0 Å². The highest BCUT2D eigenvalue weighted by Gasteiger charge is 2.43. The lowest BCUT2D eigenvalue weighted by molar-refractivity contribution is -0.147. The summed E-state index contributed by atoms with van der Waals surface area (Å²) in [4.78, 5) is 15.9. The van der Waals surface area contributed by atoms with Crippen LogP contribution in [-0.4, -0.2) is 52.2 Å². The fraction of sp³-hybridized carbons (Fsp3) is 0.692. The number of carbonyl (C=O) groups excluding carboxylic acids is 1. The zero-order valence-corrected chi connectivity index (χ0v) is 19.4. The molecule has 178 valence electrons. The van der Waals surface area contributed by atoms with E-state index in [1.807, 2.05) is 44.3 Å². The molecule has 2 N–H and O–H groups in total. The van der Waals surface area contributed by atoms with Gasteiger partial charge in [0.25, 0.3) is 0 Å². The molecule has 2 fully saturated rings. The predicted molar refractivity (Wildman–Crippen MR) is 123 cm³/mol.